The molecule has 1 unspecified atom stereocenters. The van der Waals surface area contributed by atoms with Crippen LogP contribution in [0.5, 0.6) is 0 Å². The topological polar surface area (TPSA) is 24.9 Å². The summed E-state index contributed by atoms with van der Waals surface area (Å²) in [5, 5.41) is 4.56. The molecule has 0 spiro atoms. The van der Waals surface area contributed by atoms with Crippen LogP contribution in [0.2, 0.25) is 0 Å². The fourth-order valence-corrected chi connectivity index (χ4v) is 3.13. The summed E-state index contributed by atoms with van der Waals surface area (Å²) in [6.07, 6.45) is 0. The summed E-state index contributed by atoms with van der Waals surface area (Å²) >= 11 is 1.79. The molecule has 1 heterocycles. The second kappa shape index (κ2) is 5.63. The van der Waals surface area contributed by atoms with E-state index in [1.807, 2.05) is 0 Å². The number of hydrogen-bond donors (Lipinski definition) is 1. The van der Waals surface area contributed by atoms with E-state index in [9.17, 15) is 0 Å². The minimum atomic E-state index is 0.381. The van der Waals surface area contributed by atoms with Crippen molar-refractivity contribution < 1.29 is 0 Å². The summed E-state index contributed by atoms with van der Waals surface area (Å²) in [7, 11) is 0. The van der Waals surface area contributed by atoms with E-state index < -0.39 is 0 Å². The van der Waals surface area contributed by atoms with Crippen molar-refractivity contribution in [2.45, 2.75) is 33.7 Å². The van der Waals surface area contributed by atoms with Crippen molar-refractivity contribution in [3.05, 3.63) is 40.4 Å². The first-order valence-corrected chi connectivity index (χ1v) is 7.21. The molecule has 2 nitrogen and oxygen atoms in total. The second-order valence-electron chi connectivity index (χ2n) is 4.61. The third kappa shape index (κ3) is 2.79. The standard InChI is InChI=1S/C15H20N2S/c1-5-16-11(3)14-12(4)17-15(18-14)13-8-6-10(2)7-9-13/h6-9,11,16H,5H2,1-4H3. The van der Waals surface area contributed by atoms with Crippen LogP contribution in [-0.2, 0) is 0 Å². The molecule has 0 fully saturated rings. The summed E-state index contributed by atoms with van der Waals surface area (Å²) in [5.41, 5.74) is 3.64. The molecule has 0 saturated carbocycles. The predicted molar refractivity (Wildman–Crippen MR) is 79.1 cm³/mol. The van der Waals surface area contributed by atoms with Gasteiger partial charge in [0.2, 0.25) is 0 Å². The zero-order valence-electron chi connectivity index (χ0n) is 11.4. The molecule has 0 bridgehead atoms. The van der Waals surface area contributed by atoms with Gasteiger partial charge in [-0.2, -0.15) is 0 Å². The first-order valence-electron chi connectivity index (χ1n) is 6.39. The Morgan fingerprint density at radius 2 is 1.89 bits per heavy atom. The summed E-state index contributed by atoms with van der Waals surface area (Å²) in [6, 6.07) is 8.95. The average molecular weight is 260 g/mol. The van der Waals surface area contributed by atoms with Gasteiger partial charge >= 0.3 is 0 Å². The minimum absolute atomic E-state index is 0.381. The smallest absolute Gasteiger partial charge is 0.123 e. The van der Waals surface area contributed by atoms with Gasteiger partial charge in [-0.15, -0.1) is 11.3 Å². The molecule has 0 amide bonds. The van der Waals surface area contributed by atoms with Crippen LogP contribution in [0.3, 0.4) is 0 Å². The van der Waals surface area contributed by atoms with Gasteiger partial charge < -0.3 is 5.32 Å². The molecule has 96 valence electrons. The third-order valence-corrected chi connectivity index (χ3v) is 4.42. The zero-order valence-corrected chi connectivity index (χ0v) is 12.3. The Labute approximate surface area is 113 Å². The molecule has 2 aromatic rings. The molecular weight excluding hydrogens is 240 g/mol. The van der Waals surface area contributed by atoms with Crippen molar-refractivity contribution in [2.75, 3.05) is 6.54 Å². The lowest BCUT2D eigenvalue weighted by atomic mass is 10.2. The number of aryl methyl sites for hydroxylation is 2. The fraction of sp³-hybridized carbons (Fsp3) is 0.400. The molecule has 1 aromatic carbocycles. The van der Waals surface area contributed by atoms with Crippen LogP contribution >= 0.6 is 11.3 Å². The zero-order chi connectivity index (χ0) is 13.1. The van der Waals surface area contributed by atoms with Gasteiger partial charge in [-0.1, -0.05) is 36.8 Å². The lowest BCUT2D eigenvalue weighted by Gasteiger charge is -2.09. The Kier molecular flexibility index (Phi) is 4.15. The number of aromatic nitrogens is 1. The molecule has 2 rings (SSSR count). The summed E-state index contributed by atoms with van der Waals surface area (Å²) < 4.78 is 0. The van der Waals surface area contributed by atoms with Crippen LogP contribution in [-0.4, -0.2) is 11.5 Å². The predicted octanol–water partition coefficient (Wildman–Crippen LogP) is 4.10. The first kappa shape index (κ1) is 13.2. The summed E-state index contributed by atoms with van der Waals surface area (Å²) in [5.74, 6) is 0. The average Bonchev–Trinajstić information content (AvgIpc) is 2.72. The van der Waals surface area contributed by atoms with Gasteiger partial charge in [0.25, 0.3) is 0 Å². The van der Waals surface area contributed by atoms with Crippen LogP contribution in [0.25, 0.3) is 10.6 Å². The van der Waals surface area contributed by atoms with Crippen LogP contribution in [0.1, 0.15) is 36.0 Å². The Balaban J connectivity index is 2.30. The molecule has 3 heteroatoms. The highest BCUT2D eigenvalue weighted by molar-refractivity contribution is 7.15. The Bertz CT molecular complexity index is 514. The Hall–Kier alpha value is -1.19. The molecule has 0 aliphatic carbocycles. The highest BCUT2D eigenvalue weighted by Gasteiger charge is 2.14. The lowest BCUT2D eigenvalue weighted by Crippen LogP contribution is -2.17. The van der Waals surface area contributed by atoms with E-state index in [1.165, 1.54) is 16.0 Å². The van der Waals surface area contributed by atoms with Gasteiger partial charge in [0, 0.05) is 16.5 Å². The van der Waals surface area contributed by atoms with Gasteiger partial charge in [0.1, 0.15) is 5.01 Å². The number of nitrogens with one attached hydrogen (secondary N) is 1. The lowest BCUT2D eigenvalue weighted by molar-refractivity contribution is 0.603. The van der Waals surface area contributed by atoms with E-state index in [4.69, 9.17) is 4.98 Å². The number of thiazole rings is 1. The SMILES string of the molecule is CCNC(C)c1sc(-c2ccc(C)cc2)nc1C. The molecule has 1 N–H and O–H groups in total. The van der Waals surface area contributed by atoms with Crippen molar-refractivity contribution in [1.82, 2.24) is 10.3 Å². The molecule has 18 heavy (non-hydrogen) atoms. The van der Waals surface area contributed by atoms with Gasteiger partial charge in [0.05, 0.1) is 5.69 Å². The monoisotopic (exact) mass is 260 g/mol. The van der Waals surface area contributed by atoms with E-state index in [0.717, 1.165) is 17.2 Å². The van der Waals surface area contributed by atoms with E-state index in [2.05, 4.69) is 57.3 Å². The minimum Gasteiger partial charge on any atom is -0.310 e. The number of rotatable bonds is 4. The highest BCUT2D eigenvalue weighted by atomic mass is 32.1. The third-order valence-electron chi connectivity index (χ3n) is 3.03. The summed E-state index contributed by atoms with van der Waals surface area (Å²) in [6.45, 7) is 9.52. The normalized spacial score (nSPS) is 12.7. The Morgan fingerprint density at radius 1 is 1.22 bits per heavy atom. The molecule has 1 atom stereocenters. The van der Waals surface area contributed by atoms with Crippen LogP contribution in [0.15, 0.2) is 24.3 Å². The number of benzene rings is 1. The van der Waals surface area contributed by atoms with Crippen molar-refractivity contribution in [3.8, 4) is 10.6 Å². The first-order chi connectivity index (χ1) is 8.61. The van der Waals surface area contributed by atoms with E-state index >= 15 is 0 Å². The van der Waals surface area contributed by atoms with Crippen LogP contribution < -0.4 is 5.32 Å². The van der Waals surface area contributed by atoms with Crippen molar-refractivity contribution in [1.29, 1.82) is 0 Å². The summed E-state index contributed by atoms with van der Waals surface area (Å²) in [4.78, 5) is 6.03. The van der Waals surface area contributed by atoms with Crippen molar-refractivity contribution in [3.63, 3.8) is 0 Å². The largest absolute Gasteiger partial charge is 0.310 e. The molecule has 0 aliphatic rings. The number of hydrogen-bond acceptors (Lipinski definition) is 3. The number of nitrogens with zero attached hydrogens (tertiary/aromatic N) is 1. The fourth-order valence-electron chi connectivity index (χ4n) is 2.03. The molecular formula is C15H20N2S. The van der Waals surface area contributed by atoms with E-state index in [-0.39, 0.29) is 0 Å². The van der Waals surface area contributed by atoms with E-state index in [0.29, 0.717) is 6.04 Å². The van der Waals surface area contributed by atoms with Crippen LogP contribution in [0.4, 0.5) is 0 Å². The van der Waals surface area contributed by atoms with Gasteiger partial charge in [-0.05, 0) is 27.3 Å². The molecule has 0 aliphatic heterocycles. The van der Waals surface area contributed by atoms with Crippen molar-refractivity contribution in [2.24, 2.45) is 0 Å². The molecule has 0 saturated heterocycles. The van der Waals surface area contributed by atoms with E-state index in [1.54, 1.807) is 11.3 Å². The second-order valence-corrected chi connectivity index (χ2v) is 5.64. The maximum atomic E-state index is 4.69. The molecule has 0 radical (unpaired) electrons. The molecule has 1 aromatic heterocycles. The van der Waals surface area contributed by atoms with Gasteiger partial charge in [-0.3, -0.25) is 0 Å². The maximum Gasteiger partial charge on any atom is 0.123 e. The van der Waals surface area contributed by atoms with Crippen molar-refractivity contribution >= 4 is 11.3 Å². The van der Waals surface area contributed by atoms with Gasteiger partial charge in [0.15, 0.2) is 0 Å². The quantitative estimate of drug-likeness (QED) is 0.895. The highest BCUT2D eigenvalue weighted by Crippen LogP contribution is 2.31. The maximum absolute atomic E-state index is 4.69. The van der Waals surface area contributed by atoms with Crippen LogP contribution in [0, 0.1) is 13.8 Å². The Morgan fingerprint density at radius 3 is 2.50 bits per heavy atom. The van der Waals surface area contributed by atoms with Gasteiger partial charge in [-0.25, -0.2) is 4.98 Å².